The molecule has 7 nitrogen and oxygen atoms in total. The Bertz CT molecular complexity index is 1310. The average molecular weight is 425 g/mol. The summed E-state index contributed by atoms with van der Waals surface area (Å²) in [5.74, 6) is 1.11. The Morgan fingerprint density at radius 3 is 2.77 bits per heavy atom. The van der Waals surface area contributed by atoms with Crippen LogP contribution in [0.5, 0.6) is 0 Å². The zero-order valence-corrected chi connectivity index (χ0v) is 16.0. The number of hydrogen-bond acceptors (Lipinski definition) is 5. The molecular formula is C21H14F3N5O2. The van der Waals surface area contributed by atoms with Crippen molar-refractivity contribution in [3.63, 3.8) is 0 Å². The number of carbonyl (C=O) groups excluding carboxylic acids is 2. The highest BCUT2D eigenvalue weighted by Crippen LogP contribution is 2.30. The van der Waals surface area contributed by atoms with Gasteiger partial charge in [0.1, 0.15) is 17.1 Å². The lowest BCUT2D eigenvalue weighted by atomic mass is 10.0. The van der Waals surface area contributed by atoms with Crippen molar-refractivity contribution in [3.05, 3.63) is 83.2 Å². The predicted octanol–water partition coefficient (Wildman–Crippen LogP) is 3.61. The van der Waals surface area contributed by atoms with Gasteiger partial charge in [-0.05, 0) is 43.3 Å². The number of rotatable bonds is 3. The molecule has 31 heavy (non-hydrogen) atoms. The molecule has 156 valence electrons. The van der Waals surface area contributed by atoms with E-state index in [1.54, 1.807) is 43.3 Å². The molecule has 0 bridgehead atoms. The highest BCUT2D eigenvalue weighted by molar-refractivity contribution is 6.12. The van der Waals surface area contributed by atoms with Crippen LogP contribution in [0.1, 0.15) is 28.7 Å². The van der Waals surface area contributed by atoms with E-state index in [0.717, 1.165) is 12.3 Å². The summed E-state index contributed by atoms with van der Waals surface area (Å²) in [7, 11) is 0. The average Bonchev–Trinajstić information content (AvgIpc) is 3.12. The van der Waals surface area contributed by atoms with Gasteiger partial charge in [0.2, 0.25) is 0 Å². The Morgan fingerprint density at radius 1 is 1.23 bits per heavy atom. The van der Waals surface area contributed by atoms with Crippen molar-refractivity contribution in [3.8, 4) is 0 Å². The van der Waals surface area contributed by atoms with Crippen molar-refractivity contribution < 1.29 is 22.8 Å². The van der Waals surface area contributed by atoms with Gasteiger partial charge in [-0.1, -0.05) is 6.07 Å². The lowest BCUT2D eigenvalue weighted by Crippen LogP contribution is -2.17. The van der Waals surface area contributed by atoms with E-state index < -0.39 is 17.8 Å². The fraction of sp³-hybridized carbons (Fsp3) is 0.0952. The predicted molar refractivity (Wildman–Crippen MR) is 106 cm³/mol. The van der Waals surface area contributed by atoms with E-state index in [-0.39, 0.29) is 22.6 Å². The second-order valence-corrected chi connectivity index (χ2v) is 6.70. The molecule has 0 fully saturated rings. The standard InChI is InChI=1S/C21H14F3N5O2/c1-12-8-13(9-15(11-30)26-12)19-18(16-4-2-3-7-29(16)28-19)20(31)27-14-5-6-25-17(10-14)21(22,23)24/h2-10,26H,1H3,(H,25,27,31). The number of alkyl halides is 3. The normalized spacial score (nSPS) is 13.9. The largest absolute Gasteiger partial charge is 0.433 e. The SMILES string of the molecule is CC1=CC(c2nn3ccccc3c2C(=O)Nc2ccnc(C(F)(F)F)c2)=CC(=C=O)N1. The number of nitrogens with zero attached hydrogens (tertiary/aromatic N) is 3. The van der Waals surface area contributed by atoms with E-state index in [2.05, 4.69) is 20.7 Å². The van der Waals surface area contributed by atoms with Crippen molar-refractivity contribution in [2.24, 2.45) is 0 Å². The monoisotopic (exact) mass is 425 g/mol. The summed E-state index contributed by atoms with van der Waals surface area (Å²) in [6, 6.07) is 7.11. The molecule has 0 aliphatic carbocycles. The van der Waals surface area contributed by atoms with Gasteiger partial charge in [0, 0.05) is 29.4 Å². The number of aromatic nitrogens is 3. The third-order valence-electron chi connectivity index (χ3n) is 4.46. The molecule has 0 unspecified atom stereocenters. The molecule has 1 aliphatic rings. The first-order chi connectivity index (χ1) is 14.8. The van der Waals surface area contributed by atoms with E-state index in [1.807, 2.05) is 0 Å². The van der Waals surface area contributed by atoms with Crippen molar-refractivity contribution in [2.75, 3.05) is 5.32 Å². The maximum Gasteiger partial charge on any atom is 0.433 e. The number of allylic oxidation sites excluding steroid dienone is 4. The zero-order chi connectivity index (χ0) is 22.2. The van der Waals surface area contributed by atoms with Crippen molar-refractivity contribution in [2.45, 2.75) is 13.1 Å². The molecule has 0 saturated carbocycles. The number of halogens is 3. The zero-order valence-electron chi connectivity index (χ0n) is 16.0. The van der Waals surface area contributed by atoms with Crippen molar-refractivity contribution >= 4 is 28.6 Å². The van der Waals surface area contributed by atoms with Crippen LogP contribution in [0.15, 0.2) is 66.3 Å². The van der Waals surface area contributed by atoms with E-state index in [9.17, 15) is 22.8 Å². The van der Waals surface area contributed by atoms with E-state index in [1.165, 1.54) is 16.7 Å². The van der Waals surface area contributed by atoms with Gasteiger partial charge < -0.3 is 10.6 Å². The Morgan fingerprint density at radius 2 is 2.03 bits per heavy atom. The molecular weight excluding hydrogens is 411 g/mol. The van der Waals surface area contributed by atoms with E-state index >= 15 is 0 Å². The Kier molecular flexibility index (Phi) is 4.92. The smallest absolute Gasteiger partial charge is 0.350 e. The first kappa shape index (κ1) is 20.1. The number of amides is 1. The van der Waals surface area contributed by atoms with Crippen LogP contribution in [-0.2, 0) is 11.0 Å². The molecule has 4 rings (SSSR count). The van der Waals surface area contributed by atoms with Gasteiger partial charge in [0.25, 0.3) is 5.91 Å². The molecule has 0 saturated heterocycles. The first-order valence-corrected chi connectivity index (χ1v) is 9.01. The van der Waals surface area contributed by atoms with Crippen LogP contribution >= 0.6 is 0 Å². The number of dihydropyridines is 1. The molecule has 1 amide bonds. The highest BCUT2D eigenvalue weighted by atomic mass is 19.4. The third-order valence-corrected chi connectivity index (χ3v) is 4.46. The van der Waals surface area contributed by atoms with Gasteiger partial charge in [-0.25, -0.2) is 9.31 Å². The molecule has 1 aliphatic heterocycles. The second-order valence-electron chi connectivity index (χ2n) is 6.70. The maximum atomic E-state index is 13.1. The Labute approximate surface area is 173 Å². The summed E-state index contributed by atoms with van der Waals surface area (Å²) in [6.07, 6.45) is 1.16. The van der Waals surface area contributed by atoms with Gasteiger partial charge in [-0.15, -0.1) is 0 Å². The van der Waals surface area contributed by atoms with Gasteiger partial charge in [-0.3, -0.25) is 9.78 Å². The molecule has 0 atom stereocenters. The maximum absolute atomic E-state index is 13.1. The van der Waals surface area contributed by atoms with Gasteiger partial charge in [0.05, 0.1) is 11.1 Å². The summed E-state index contributed by atoms with van der Waals surface area (Å²) in [6.45, 7) is 1.73. The van der Waals surface area contributed by atoms with Crippen LogP contribution in [0, 0.1) is 0 Å². The number of pyridine rings is 2. The van der Waals surface area contributed by atoms with Crippen LogP contribution < -0.4 is 10.6 Å². The molecule has 3 aromatic heterocycles. The minimum Gasteiger partial charge on any atom is -0.350 e. The third kappa shape index (κ3) is 3.96. The number of nitrogens with one attached hydrogen (secondary N) is 2. The van der Waals surface area contributed by atoms with Crippen LogP contribution in [0.25, 0.3) is 11.1 Å². The summed E-state index contributed by atoms with van der Waals surface area (Å²) in [5.41, 5.74) is 0.969. The molecule has 0 aromatic carbocycles. The lowest BCUT2D eigenvalue weighted by Gasteiger charge is -2.13. The Hall–Kier alpha value is -4.17. The summed E-state index contributed by atoms with van der Waals surface area (Å²) in [5, 5.41) is 9.76. The molecule has 2 N–H and O–H groups in total. The van der Waals surface area contributed by atoms with Crippen LogP contribution in [-0.4, -0.2) is 26.4 Å². The molecule has 4 heterocycles. The second kappa shape index (κ2) is 7.58. The number of carbonyl (C=O) groups is 1. The van der Waals surface area contributed by atoms with Crippen LogP contribution in [0.3, 0.4) is 0 Å². The number of fused-ring (bicyclic) bond motifs is 1. The minimum absolute atomic E-state index is 0.0620. The number of hydrogen-bond donors (Lipinski definition) is 2. The van der Waals surface area contributed by atoms with Crippen molar-refractivity contribution in [1.82, 2.24) is 19.9 Å². The van der Waals surface area contributed by atoms with E-state index in [4.69, 9.17) is 0 Å². The molecule has 10 heteroatoms. The Balaban J connectivity index is 1.81. The van der Waals surface area contributed by atoms with Crippen molar-refractivity contribution in [1.29, 1.82) is 0 Å². The van der Waals surface area contributed by atoms with Gasteiger partial charge in [0.15, 0.2) is 5.94 Å². The summed E-state index contributed by atoms with van der Waals surface area (Å²) in [4.78, 5) is 27.6. The first-order valence-electron chi connectivity index (χ1n) is 9.01. The summed E-state index contributed by atoms with van der Waals surface area (Å²) < 4.78 is 40.4. The van der Waals surface area contributed by atoms with E-state index in [0.29, 0.717) is 16.8 Å². The minimum atomic E-state index is -4.64. The van der Waals surface area contributed by atoms with Gasteiger partial charge in [-0.2, -0.15) is 18.3 Å². The molecule has 0 spiro atoms. The topological polar surface area (TPSA) is 88.4 Å². The van der Waals surface area contributed by atoms with Crippen LogP contribution in [0.4, 0.5) is 18.9 Å². The van der Waals surface area contributed by atoms with Gasteiger partial charge >= 0.3 is 6.18 Å². The fourth-order valence-electron chi connectivity index (χ4n) is 3.19. The highest BCUT2D eigenvalue weighted by Gasteiger charge is 2.33. The quantitative estimate of drug-likeness (QED) is 0.626. The number of anilines is 1. The molecule has 3 aromatic rings. The summed E-state index contributed by atoms with van der Waals surface area (Å²) >= 11 is 0. The molecule has 0 radical (unpaired) electrons. The van der Waals surface area contributed by atoms with Crippen LogP contribution in [0.2, 0.25) is 0 Å². The fourth-order valence-corrected chi connectivity index (χ4v) is 3.19. The lowest BCUT2D eigenvalue weighted by molar-refractivity contribution is -0.141.